The Balaban J connectivity index is 1.86. The van der Waals surface area contributed by atoms with Crippen LogP contribution in [0.2, 0.25) is 0 Å². The molecule has 0 bridgehead atoms. The Labute approximate surface area is 168 Å². The Morgan fingerprint density at radius 3 is 2.45 bits per heavy atom. The zero-order valence-electron chi connectivity index (χ0n) is 16.7. The molecule has 3 aromatic rings. The quantitative estimate of drug-likeness (QED) is 0.746. The lowest BCUT2D eigenvalue weighted by atomic mass is 9.85. The maximum atomic E-state index is 13.3. The third-order valence-electron chi connectivity index (χ3n) is 5.24. The second-order valence-electron chi connectivity index (χ2n) is 7.53. The van der Waals surface area contributed by atoms with Crippen LogP contribution < -0.4 is 10.2 Å². The number of nitrogens with one attached hydrogen (secondary N) is 1. The first kappa shape index (κ1) is 18.7. The van der Waals surface area contributed by atoms with Gasteiger partial charge in [-0.05, 0) is 44.0 Å². The molecule has 0 radical (unpaired) electrons. The Kier molecular flexibility index (Phi) is 4.38. The highest BCUT2D eigenvalue weighted by atomic mass is 16.2. The highest BCUT2D eigenvalue weighted by Gasteiger charge is 2.44. The largest absolute Gasteiger partial charge is 0.355 e. The molecule has 1 aliphatic rings. The molecule has 7 nitrogen and oxygen atoms in total. The van der Waals surface area contributed by atoms with E-state index in [1.54, 1.807) is 36.6 Å². The number of rotatable bonds is 3. The highest BCUT2D eigenvalue weighted by molar-refractivity contribution is 6.13. The normalized spacial score (nSPS) is 14.6. The minimum absolute atomic E-state index is 0.0688. The van der Waals surface area contributed by atoms with Crippen LogP contribution in [-0.2, 0) is 10.2 Å². The predicted octanol–water partition coefficient (Wildman–Crippen LogP) is 3.16. The molecule has 1 N–H and O–H groups in total. The summed E-state index contributed by atoms with van der Waals surface area (Å²) in [5.74, 6) is 0.377. The third kappa shape index (κ3) is 3.04. The standard InChI is InChI=1S/C22H21N5O2/c1-13-25-10-16(11-26-13)14-5-6-18-19(8-14)27(21(29)22(18,2)3)17-7-15(9-24-12-17)20(28)23-4/h5-12H,1-4H3,(H,23,28). The fourth-order valence-electron chi connectivity index (χ4n) is 3.55. The van der Waals surface area contributed by atoms with Crippen LogP contribution in [0.4, 0.5) is 11.4 Å². The number of fused-ring (bicyclic) bond motifs is 1. The number of pyridine rings is 1. The van der Waals surface area contributed by atoms with E-state index in [4.69, 9.17) is 0 Å². The van der Waals surface area contributed by atoms with E-state index >= 15 is 0 Å². The van der Waals surface area contributed by atoms with Crippen molar-refractivity contribution in [1.82, 2.24) is 20.3 Å². The van der Waals surface area contributed by atoms with Crippen LogP contribution in [0.1, 0.15) is 35.6 Å². The van der Waals surface area contributed by atoms with Crippen molar-refractivity contribution in [1.29, 1.82) is 0 Å². The number of carbonyl (C=O) groups excluding carboxylic acids is 2. The molecule has 0 spiro atoms. The number of aryl methyl sites for hydroxylation is 1. The van der Waals surface area contributed by atoms with Crippen LogP contribution in [0.15, 0.2) is 49.1 Å². The smallest absolute Gasteiger partial charge is 0.252 e. The Hall–Kier alpha value is -3.61. The van der Waals surface area contributed by atoms with E-state index < -0.39 is 5.41 Å². The summed E-state index contributed by atoms with van der Waals surface area (Å²) in [6.45, 7) is 5.64. The first-order chi connectivity index (χ1) is 13.8. The zero-order valence-corrected chi connectivity index (χ0v) is 16.7. The maximum Gasteiger partial charge on any atom is 0.252 e. The molecule has 2 aromatic heterocycles. The van der Waals surface area contributed by atoms with Crippen molar-refractivity contribution in [2.45, 2.75) is 26.2 Å². The molecule has 29 heavy (non-hydrogen) atoms. The molecule has 0 saturated carbocycles. The van der Waals surface area contributed by atoms with Gasteiger partial charge in [0.1, 0.15) is 5.82 Å². The van der Waals surface area contributed by atoms with Crippen LogP contribution in [-0.4, -0.2) is 33.8 Å². The van der Waals surface area contributed by atoms with E-state index in [2.05, 4.69) is 20.3 Å². The van der Waals surface area contributed by atoms with Gasteiger partial charge in [-0.25, -0.2) is 9.97 Å². The van der Waals surface area contributed by atoms with Crippen LogP contribution in [0, 0.1) is 6.92 Å². The molecule has 4 rings (SSSR count). The van der Waals surface area contributed by atoms with Gasteiger partial charge >= 0.3 is 0 Å². The molecular formula is C22H21N5O2. The predicted molar refractivity (Wildman–Crippen MR) is 110 cm³/mol. The molecule has 0 saturated heterocycles. The topological polar surface area (TPSA) is 88.1 Å². The van der Waals surface area contributed by atoms with E-state index in [1.165, 1.54) is 6.20 Å². The van der Waals surface area contributed by atoms with Gasteiger partial charge in [-0.2, -0.15) is 0 Å². The van der Waals surface area contributed by atoms with Gasteiger partial charge in [0.25, 0.3) is 5.91 Å². The zero-order chi connectivity index (χ0) is 20.8. The van der Waals surface area contributed by atoms with Crippen LogP contribution in [0.5, 0.6) is 0 Å². The number of aromatic nitrogens is 3. The average Bonchev–Trinajstić information content (AvgIpc) is 2.93. The number of anilines is 2. The lowest BCUT2D eigenvalue weighted by molar-refractivity contribution is -0.121. The van der Waals surface area contributed by atoms with Gasteiger partial charge in [0, 0.05) is 31.2 Å². The summed E-state index contributed by atoms with van der Waals surface area (Å²) in [7, 11) is 1.56. The second-order valence-corrected chi connectivity index (χ2v) is 7.53. The minimum Gasteiger partial charge on any atom is -0.355 e. The van der Waals surface area contributed by atoms with Crippen molar-refractivity contribution < 1.29 is 9.59 Å². The van der Waals surface area contributed by atoms with Gasteiger partial charge in [-0.15, -0.1) is 0 Å². The summed E-state index contributed by atoms with van der Waals surface area (Å²) in [6, 6.07) is 7.59. The summed E-state index contributed by atoms with van der Waals surface area (Å²) in [5, 5.41) is 2.58. The molecule has 0 fully saturated rings. The maximum absolute atomic E-state index is 13.3. The van der Waals surface area contributed by atoms with Gasteiger partial charge in [-0.3, -0.25) is 19.5 Å². The Morgan fingerprint density at radius 1 is 1.03 bits per heavy atom. The highest BCUT2D eigenvalue weighted by Crippen LogP contribution is 2.46. The lowest BCUT2D eigenvalue weighted by Crippen LogP contribution is -2.33. The van der Waals surface area contributed by atoms with E-state index in [-0.39, 0.29) is 11.8 Å². The molecule has 0 aliphatic carbocycles. The molecule has 0 unspecified atom stereocenters. The third-order valence-corrected chi connectivity index (χ3v) is 5.24. The summed E-state index contributed by atoms with van der Waals surface area (Å²) in [4.78, 5) is 39.7. The number of benzene rings is 1. The fourth-order valence-corrected chi connectivity index (χ4v) is 3.55. The first-order valence-electron chi connectivity index (χ1n) is 9.28. The average molecular weight is 387 g/mol. The van der Waals surface area contributed by atoms with E-state index in [0.717, 1.165) is 22.4 Å². The monoisotopic (exact) mass is 387 g/mol. The number of nitrogens with zero attached hydrogens (tertiary/aromatic N) is 4. The molecule has 1 aromatic carbocycles. The van der Waals surface area contributed by atoms with E-state index in [0.29, 0.717) is 17.1 Å². The molecule has 2 amide bonds. The Morgan fingerprint density at radius 2 is 1.76 bits per heavy atom. The van der Waals surface area contributed by atoms with Gasteiger partial charge in [0.05, 0.1) is 28.6 Å². The van der Waals surface area contributed by atoms with Crippen molar-refractivity contribution in [3.8, 4) is 11.1 Å². The number of amides is 2. The van der Waals surface area contributed by atoms with Crippen molar-refractivity contribution in [2.75, 3.05) is 11.9 Å². The molecule has 3 heterocycles. The van der Waals surface area contributed by atoms with Gasteiger partial charge in [0.2, 0.25) is 5.91 Å². The van der Waals surface area contributed by atoms with E-state index in [9.17, 15) is 9.59 Å². The summed E-state index contributed by atoms with van der Waals surface area (Å²) >= 11 is 0. The first-order valence-corrected chi connectivity index (χ1v) is 9.28. The minimum atomic E-state index is -0.694. The lowest BCUT2D eigenvalue weighted by Gasteiger charge is -2.20. The molecular weight excluding hydrogens is 366 g/mol. The van der Waals surface area contributed by atoms with Gasteiger partial charge < -0.3 is 5.32 Å². The van der Waals surface area contributed by atoms with Crippen molar-refractivity contribution >= 4 is 23.2 Å². The summed E-state index contributed by atoms with van der Waals surface area (Å²) < 4.78 is 0. The summed E-state index contributed by atoms with van der Waals surface area (Å²) in [5.41, 5.74) is 3.73. The molecule has 1 aliphatic heterocycles. The molecule has 0 atom stereocenters. The number of hydrogen-bond acceptors (Lipinski definition) is 5. The Bertz CT molecular complexity index is 1120. The van der Waals surface area contributed by atoms with Gasteiger partial charge in [0.15, 0.2) is 0 Å². The van der Waals surface area contributed by atoms with Gasteiger partial charge in [-0.1, -0.05) is 12.1 Å². The molecule has 7 heteroatoms. The van der Waals surface area contributed by atoms with Crippen molar-refractivity contribution in [2.24, 2.45) is 0 Å². The van der Waals surface area contributed by atoms with Crippen LogP contribution in [0.3, 0.4) is 0 Å². The van der Waals surface area contributed by atoms with Crippen molar-refractivity contribution in [3.63, 3.8) is 0 Å². The second kappa shape index (κ2) is 6.77. The molecule has 146 valence electrons. The summed E-state index contributed by atoms with van der Waals surface area (Å²) in [6.07, 6.45) is 6.61. The SMILES string of the molecule is CNC(=O)c1cncc(N2C(=O)C(C)(C)c3ccc(-c4cnc(C)nc4)cc32)c1. The van der Waals surface area contributed by atoms with Crippen LogP contribution >= 0.6 is 0 Å². The fraction of sp³-hybridized carbons (Fsp3) is 0.227. The van der Waals surface area contributed by atoms with Crippen molar-refractivity contribution in [3.05, 3.63) is 66.0 Å². The number of hydrogen-bond donors (Lipinski definition) is 1. The van der Waals surface area contributed by atoms with Crippen LogP contribution in [0.25, 0.3) is 11.1 Å². The number of carbonyl (C=O) groups is 2. The van der Waals surface area contributed by atoms with E-state index in [1.807, 2.05) is 39.0 Å².